The Labute approximate surface area is 98.8 Å². The molecule has 0 unspecified atom stereocenters. The van der Waals surface area contributed by atoms with Gasteiger partial charge in [0.15, 0.2) is 0 Å². The first-order valence-electron chi connectivity index (χ1n) is 5.60. The highest BCUT2D eigenvalue weighted by molar-refractivity contribution is 5.80. The molecule has 1 heterocycles. The number of ether oxygens (including phenoxy) is 1. The number of rotatable bonds is 4. The van der Waals surface area contributed by atoms with Gasteiger partial charge in [-0.1, -0.05) is 0 Å². The predicted molar refractivity (Wildman–Crippen MR) is 63.1 cm³/mol. The Bertz CT molecular complexity index is 533. The van der Waals surface area contributed by atoms with Crippen LogP contribution in [-0.2, 0) is 16.1 Å². The Kier molecular flexibility index (Phi) is 3.42. The van der Waals surface area contributed by atoms with Crippen LogP contribution in [0.15, 0.2) is 30.5 Å². The summed E-state index contributed by atoms with van der Waals surface area (Å²) in [5, 5.41) is 0.968. The van der Waals surface area contributed by atoms with Crippen molar-refractivity contribution in [3.05, 3.63) is 36.3 Å². The summed E-state index contributed by atoms with van der Waals surface area (Å²) in [6.45, 7) is 2.67. The molecule has 2 rings (SSSR count). The van der Waals surface area contributed by atoms with Crippen molar-refractivity contribution in [1.29, 1.82) is 0 Å². The minimum atomic E-state index is -0.270. The first-order valence-corrected chi connectivity index (χ1v) is 5.60. The summed E-state index contributed by atoms with van der Waals surface area (Å²) < 4.78 is 19.8. The lowest BCUT2D eigenvalue weighted by atomic mass is 10.2. The summed E-state index contributed by atoms with van der Waals surface area (Å²) in [5.41, 5.74) is 0.800. The quantitative estimate of drug-likeness (QED) is 0.763. The average molecular weight is 235 g/mol. The van der Waals surface area contributed by atoms with E-state index in [2.05, 4.69) is 0 Å². The molecular formula is C13H14FNO2. The predicted octanol–water partition coefficient (Wildman–Crippen LogP) is 2.73. The highest BCUT2D eigenvalue weighted by atomic mass is 19.1. The molecule has 0 radical (unpaired) electrons. The number of aromatic nitrogens is 1. The molecule has 0 aliphatic carbocycles. The number of fused-ring (bicyclic) bond motifs is 1. The minimum absolute atomic E-state index is 0.231. The molecule has 4 heteroatoms. The standard InChI is InChI=1S/C13H14FNO2/c1-2-17-13(16)6-8-15-7-5-10-3-4-11(14)9-12(10)15/h3-5,7,9H,2,6,8H2,1H3. The van der Waals surface area contributed by atoms with Gasteiger partial charge < -0.3 is 9.30 Å². The lowest BCUT2D eigenvalue weighted by molar-refractivity contribution is -0.143. The van der Waals surface area contributed by atoms with E-state index in [-0.39, 0.29) is 11.8 Å². The maximum Gasteiger partial charge on any atom is 0.307 e. The lowest BCUT2D eigenvalue weighted by Crippen LogP contribution is -2.08. The second-order valence-electron chi connectivity index (χ2n) is 3.77. The van der Waals surface area contributed by atoms with E-state index in [4.69, 9.17) is 4.74 Å². The number of esters is 1. The molecule has 0 amide bonds. The Hall–Kier alpha value is -1.84. The summed E-state index contributed by atoms with van der Waals surface area (Å²) >= 11 is 0. The summed E-state index contributed by atoms with van der Waals surface area (Å²) in [4.78, 5) is 11.2. The van der Waals surface area contributed by atoms with E-state index in [1.54, 1.807) is 13.0 Å². The number of halogens is 1. The Morgan fingerprint density at radius 2 is 2.24 bits per heavy atom. The number of benzene rings is 1. The zero-order valence-corrected chi connectivity index (χ0v) is 9.65. The average Bonchev–Trinajstić information content (AvgIpc) is 2.69. The molecule has 0 bridgehead atoms. The van der Waals surface area contributed by atoms with Gasteiger partial charge in [-0.25, -0.2) is 4.39 Å². The van der Waals surface area contributed by atoms with Gasteiger partial charge in [0.05, 0.1) is 18.5 Å². The maximum atomic E-state index is 13.1. The van der Waals surface area contributed by atoms with Crippen LogP contribution in [0.25, 0.3) is 10.9 Å². The largest absolute Gasteiger partial charge is 0.466 e. The van der Waals surface area contributed by atoms with Gasteiger partial charge in [0.1, 0.15) is 5.82 Å². The van der Waals surface area contributed by atoms with Gasteiger partial charge in [0, 0.05) is 12.7 Å². The van der Waals surface area contributed by atoms with Crippen LogP contribution in [0.3, 0.4) is 0 Å². The van der Waals surface area contributed by atoms with Crippen LogP contribution in [0.1, 0.15) is 13.3 Å². The Balaban J connectivity index is 2.13. The van der Waals surface area contributed by atoms with E-state index < -0.39 is 0 Å². The third kappa shape index (κ3) is 2.64. The van der Waals surface area contributed by atoms with E-state index in [1.807, 2.05) is 16.8 Å². The van der Waals surface area contributed by atoms with Crippen molar-refractivity contribution in [2.75, 3.05) is 6.61 Å². The number of nitrogens with zero attached hydrogens (tertiary/aromatic N) is 1. The summed E-state index contributed by atoms with van der Waals surface area (Å²) in [7, 11) is 0. The van der Waals surface area contributed by atoms with Gasteiger partial charge in [-0.15, -0.1) is 0 Å². The molecule has 90 valence electrons. The van der Waals surface area contributed by atoms with Crippen LogP contribution in [0.5, 0.6) is 0 Å². The first-order chi connectivity index (χ1) is 8.20. The highest BCUT2D eigenvalue weighted by Gasteiger charge is 2.05. The lowest BCUT2D eigenvalue weighted by Gasteiger charge is -2.05. The first kappa shape index (κ1) is 11.6. The second-order valence-corrected chi connectivity index (χ2v) is 3.77. The Morgan fingerprint density at radius 3 is 3.00 bits per heavy atom. The fourth-order valence-electron chi connectivity index (χ4n) is 1.80. The zero-order chi connectivity index (χ0) is 12.3. The SMILES string of the molecule is CCOC(=O)CCn1ccc2ccc(F)cc21. The van der Waals surface area contributed by atoms with Gasteiger partial charge in [-0.2, -0.15) is 0 Å². The molecule has 0 atom stereocenters. The molecule has 1 aromatic carbocycles. The third-order valence-electron chi connectivity index (χ3n) is 2.60. The third-order valence-corrected chi connectivity index (χ3v) is 2.60. The van der Waals surface area contributed by atoms with E-state index in [0.29, 0.717) is 19.6 Å². The van der Waals surface area contributed by atoms with Gasteiger partial charge in [0.25, 0.3) is 0 Å². The molecule has 0 N–H and O–H groups in total. The maximum absolute atomic E-state index is 13.1. The van der Waals surface area contributed by atoms with Crippen LogP contribution in [0, 0.1) is 5.82 Å². The van der Waals surface area contributed by atoms with Crippen molar-refractivity contribution in [3.8, 4) is 0 Å². The number of hydrogen-bond donors (Lipinski definition) is 0. The fraction of sp³-hybridized carbons (Fsp3) is 0.308. The van der Waals surface area contributed by atoms with Crippen LogP contribution >= 0.6 is 0 Å². The van der Waals surface area contributed by atoms with E-state index >= 15 is 0 Å². The van der Waals surface area contributed by atoms with Crippen molar-refractivity contribution in [2.24, 2.45) is 0 Å². The smallest absolute Gasteiger partial charge is 0.307 e. The van der Waals surface area contributed by atoms with Crippen LogP contribution in [0.4, 0.5) is 4.39 Å². The molecule has 0 saturated heterocycles. The van der Waals surface area contributed by atoms with Crippen molar-refractivity contribution in [3.63, 3.8) is 0 Å². The molecule has 2 aromatic rings. The molecule has 0 aliphatic heterocycles. The van der Waals surface area contributed by atoms with Gasteiger partial charge in [0.2, 0.25) is 0 Å². The van der Waals surface area contributed by atoms with Gasteiger partial charge in [-0.3, -0.25) is 4.79 Å². The Morgan fingerprint density at radius 1 is 1.41 bits per heavy atom. The van der Waals surface area contributed by atoms with E-state index in [0.717, 1.165) is 10.9 Å². The zero-order valence-electron chi connectivity index (χ0n) is 9.65. The molecule has 0 aliphatic rings. The van der Waals surface area contributed by atoms with Crippen LogP contribution in [0.2, 0.25) is 0 Å². The monoisotopic (exact) mass is 235 g/mol. The van der Waals surface area contributed by atoms with E-state index in [1.165, 1.54) is 12.1 Å². The molecule has 0 fully saturated rings. The summed E-state index contributed by atoms with van der Waals surface area (Å²) in [5.74, 6) is -0.501. The summed E-state index contributed by atoms with van der Waals surface area (Å²) in [6.07, 6.45) is 2.15. The van der Waals surface area contributed by atoms with Crippen molar-refractivity contribution in [1.82, 2.24) is 4.57 Å². The molecular weight excluding hydrogens is 221 g/mol. The fourth-order valence-corrected chi connectivity index (χ4v) is 1.80. The minimum Gasteiger partial charge on any atom is -0.466 e. The van der Waals surface area contributed by atoms with Crippen LogP contribution in [-0.4, -0.2) is 17.1 Å². The van der Waals surface area contributed by atoms with Gasteiger partial charge in [-0.05, 0) is 36.6 Å². The van der Waals surface area contributed by atoms with Crippen molar-refractivity contribution >= 4 is 16.9 Å². The molecule has 0 saturated carbocycles. The molecule has 17 heavy (non-hydrogen) atoms. The molecule has 1 aromatic heterocycles. The van der Waals surface area contributed by atoms with Crippen LogP contribution < -0.4 is 0 Å². The van der Waals surface area contributed by atoms with Crippen molar-refractivity contribution in [2.45, 2.75) is 19.9 Å². The van der Waals surface area contributed by atoms with Crippen molar-refractivity contribution < 1.29 is 13.9 Å². The molecule has 3 nitrogen and oxygen atoms in total. The molecule has 0 spiro atoms. The number of aryl methyl sites for hydroxylation is 1. The second kappa shape index (κ2) is 4.99. The number of hydrogen-bond acceptors (Lipinski definition) is 2. The number of carbonyl (C=O) groups is 1. The highest BCUT2D eigenvalue weighted by Crippen LogP contribution is 2.17. The summed E-state index contributed by atoms with van der Waals surface area (Å²) in [6, 6.07) is 6.53. The van der Waals surface area contributed by atoms with E-state index in [9.17, 15) is 9.18 Å². The normalized spacial score (nSPS) is 10.7. The number of carbonyl (C=O) groups excluding carboxylic acids is 1. The van der Waals surface area contributed by atoms with Gasteiger partial charge >= 0.3 is 5.97 Å². The topological polar surface area (TPSA) is 31.2 Å².